The summed E-state index contributed by atoms with van der Waals surface area (Å²) in [6.45, 7) is 4.14. The maximum Gasteiger partial charge on any atom is 0.0520 e. The standard InChI is InChI=1S/C24H25ClN2/c1-2-27(17-18-7-4-3-5-8-18)22-13-11-19-12-14-24(23(19)16-22)26-21-10-6-9-20(25)15-21/h3-11,13,15-16,24,26H,2,12,14,17H2,1H3. The lowest BCUT2D eigenvalue weighted by atomic mass is 10.1. The molecule has 1 aliphatic rings. The molecule has 138 valence electrons. The Morgan fingerprint density at radius 2 is 1.85 bits per heavy atom. The van der Waals surface area contributed by atoms with Gasteiger partial charge in [0.2, 0.25) is 0 Å². The van der Waals surface area contributed by atoms with Gasteiger partial charge in [0, 0.05) is 29.5 Å². The van der Waals surface area contributed by atoms with E-state index in [1.165, 1.54) is 22.4 Å². The number of halogens is 1. The van der Waals surface area contributed by atoms with Gasteiger partial charge >= 0.3 is 0 Å². The highest BCUT2D eigenvalue weighted by atomic mass is 35.5. The van der Waals surface area contributed by atoms with Crippen LogP contribution in [0.15, 0.2) is 72.8 Å². The van der Waals surface area contributed by atoms with Gasteiger partial charge < -0.3 is 10.2 Å². The van der Waals surface area contributed by atoms with Gasteiger partial charge in [-0.2, -0.15) is 0 Å². The van der Waals surface area contributed by atoms with Gasteiger partial charge in [-0.1, -0.05) is 54.1 Å². The first-order valence-corrected chi connectivity index (χ1v) is 10.0. The highest BCUT2D eigenvalue weighted by Crippen LogP contribution is 2.37. The normalized spacial score (nSPS) is 15.4. The van der Waals surface area contributed by atoms with Gasteiger partial charge in [0.1, 0.15) is 0 Å². The summed E-state index contributed by atoms with van der Waals surface area (Å²) < 4.78 is 0. The summed E-state index contributed by atoms with van der Waals surface area (Å²) in [5.74, 6) is 0. The minimum absolute atomic E-state index is 0.342. The maximum absolute atomic E-state index is 6.15. The maximum atomic E-state index is 6.15. The van der Waals surface area contributed by atoms with Gasteiger partial charge in [-0.05, 0) is 66.8 Å². The van der Waals surface area contributed by atoms with Crippen molar-refractivity contribution >= 4 is 23.0 Å². The Balaban J connectivity index is 1.56. The molecule has 2 nitrogen and oxygen atoms in total. The van der Waals surface area contributed by atoms with Gasteiger partial charge in [-0.25, -0.2) is 0 Å². The lowest BCUT2D eigenvalue weighted by molar-refractivity contribution is 0.761. The Morgan fingerprint density at radius 3 is 2.63 bits per heavy atom. The molecule has 1 atom stereocenters. The summed E-state index contributed by atoms with van der Waals surface area (Å²) in [6.07, 6.45) is 2.24. The molecule has 1 unspecified atom stereocenters. The van der Waals surface area contributed by atoms with E-state index in [0.717, 1.165) is 36.6 Å². The topological polar surface area (TPSA) is 15.3 Å². The van der Waals surface area contributed by atoms with Crippen molar-refractivity contribution in [3.8, 4) is 0 Å². The molecular weight excluding hydrogens is 352 g/mol. The fourth-order valence-corrected chi connectivity index (χ4v) is 4.10. The fraction of sp³-hybridized carbons (Fsp3) is 0.250. The summed E-state index contributed by atoms with van der Waals surface area (Å²) in [6, 6.07) is 26.0. The van der Waals surface area contributed by atoms with E-state index in [9.17, 15) is 0 Å². The second-order valence-corrected chi connectivity index (χ2v) is 7.57. The average Bonchev–Trinajstić information content (AvgIpc) is 3.09. The summed E-state index contributed by atoms with van der Waals surface area (Å²) in [7, 11) is 0. The number of aryl methyl sites for hydroxylation is 1. The number of nitrogens with zero attached hydrogens (tertiary/aromatic N) is 1. The number of rotatable bonds is 6. The molecule has 3 heteroatoms. The summed E-state index contributed by atoms with van der Waals surface area (Å²) in [5.41, 5.74) is 6.59. The van der Waals surface area contributed by atoms with Crippen LogP contribution in [-0.2, 0) is 13.0 Å². The quantitative estimate of drug-likeness (QED) is 0.530. The number of hydrogen-bond acceptors (Lipinski definition) is 2. The summed E-state index contributed by atoms with van der Waals surface area (Å²) in [4.78, 5) is 2.43. The van der Waals surface area contributed by atoms with Crippen LogP contribution in [0.25, 0.3) is 0 Å². The van der Waals surface area contributed by atoms with Crippen LogP contribution < -0.4 is 10.2 Å². The van der Waals surface area contributed by atoms with Crippen LogP contribution in [0, 0.1) is 0 Å². The molecule has 0 heterocycles. The molecule has 0 aromatic heterocycles. The van der Waals surface area contributed by atoms with E-state index < -0.39 is 0 Å². The molecule has 3 aromatic carbocycles. The molecule has 0 spiro atoms. The van der Waals surface area contributed by atoms with Gasteiger partial charge in [-0.3, -0.25) is 0 Å². The lowest BCUT2D eigenvalue weighted by Gasteiger charge is -2.25. The first kappa shape index (κ1) is 17.9. The Kier molecular flexibility index (Phi) is 5.35. The smallest absolute Gasteiger partial charge is 0.0520 e. The molecule has 0 radical (unpaired) electrons. The van der Waals surface area contributed by atoms with E-state index in [1.807, 2.05) is 18.2 Å². The van der Waals surface area contributed by atoms with Crippen molar-refractivity contribution in [3.05, 3.63) is 94.5 Å². The van der Waals surface area contributed by atoms with E-state index in [0.29, 0.717) is 6.04 Å². The monoisotopic (exact) mass is 376 g/mol. The molecule has 0 fully saturated rings. The van der Waals surface area contributed by atoms with Crippen molar-refractivity contribution < 1.29 is 0 Å². The zero-order valence-electron chi connectivity index (χ0n) is 15.7. The molecule has 1 aliphatic carbocycles. The summed E-state index contributed by atoms with van der Waals surface area (Å²) in [5, 5.41) is 4.44. The number of fused-ring (bicyclic) bond motifs is 1. The number of nitrogens with one attached hydrogen (secondary N) is 1. The van der Waals surface area contributed by atoms with Crippen LogP contribution in [0.2, 0.25) is 5.02 Å². The predicted molar refractivity (Wildman–Crippen MR) is 116 cm³/mol. The minimum atomic E-state index is 0.342. The minimum Gasteiger partial charge on any atom is -0.378 e. The molecule has 0 saturated carbocycles. The van der Waals surface area contributed by atoms with Gasteiger partial charge in [0.25, 0.3) is 0 Å². The van der Waals surface area contributed by atoms with E-state index >= 15 is 0 Å². The van der Waals surface area contributed by atoms with Crippen LogP contribution >= 0.6 is 11.6 Å². The third kappa shape index (κ3) is 4.12. The molecule has 0 aliphatic heterocycles. The van der Waals surface area contributed by atoms with E-state index in [2.05, 4.69) is 71.7 Å². The molecular formula is C24H25ClN2. The molecule has 4 rings (SSSR count). The van der Waals surface area contributed by atoms with Crippen LogP contribution in [0.5, 0.6) is 0 Å². The van der Waals surface area contributed by atoms with Gasteiger partial charge in [0.15, 0.2) is 0 Å². The third-order valence-corrected chi connectivity index (χ3v) is 5.57. The van der Waals surface area contributed by atoms with Crippen molar-refractivity contribution in [2.75, 3.05) is 16.8 Å². The second-order valence-electron chi connectivity index (χ2n) is 7.13. The van der Waals surface area contributed by atoms with E-state index in [1.54, 1.807) is 0 Å². The van der Waals surface area contributed by atoms with Crippen LogP contribution in [0.3, 0.4) is 0 Å². The fourth-order valence-electron chi connectivity index (χ4n) is 3.91. The Hall–Kier alpha value is -2.45. The molecule has 0 bridgehead atoms. The van der Waals surface area contributed by atoms with Gasteiger partial charge in [0.05, 0.1) is 6.04 Å². The first-order chi connectivity index (χ1) is 13.2. The summed E-state index contributed by atoms with van der Waals surface area (Å²) >= 11 is 6.15. The Morgan fingerprint density at radius 1 is 1.00 bits per heavy atom. The molecule has 1 N–H and O–H groups in total. The SMILES string of the molecule is CCN(Cc1ccccc1)c1ccc2c(c1)C(Nc1cccc(Cl)c1)CC2. The van der Waals surface area contributed by atoms with Crippen molar-refractivity contribution in [1.82, 2.24) is 0 Å². The lowest BCUT2D eigenvalue weighted by Crippen LogP contribution is -2.22. The van der Waals surface area contributed by atoms with Crippen molar-refractivity contribution in [2.24, 2.45) is 0 Å². The van der Waals surface area contributed by atoms with Crippen molar-refractivity contribution in [3.63, 3.8) is 0 Å². The molecule has 27 heavy (non-hydrogen) atoms. The zero-order valence-corrected chi connectivity index (χ0v) is 16.4. The molecule has 0 saturated heterocycles. The van der Waals surface area contributed by atoms with E-state index in [4.69, 9.17) is 11.6 Å². The number of anilines is 2. The zero-order chi connectivity index (χ0) is 18.6. The first-order valence-electron chi connectivity index (χ1n) is 9.66. The van der Waals surface area contributed by atoms with Crippen molar-refractivity contribution in [2.45, 2.75) is 32.4 Å². The number of benzene rings is 3. The second kappa shape index (κ2) is 8.06. The average molecular weight is 377 g/mol. The third-order valence-electron chi connectivity index (χ3n) is 5.34. The van der Waals surface area contributed by atoms with Crippen LogP contribution in [0.4, 0.5) is 11.4 Å². The highest BCUT2D eigenvalue weighted by molar-refractivity contribution is 6.30. The Labute approximate surface area is 166 Å². The predicted octanol–water partition coefficient (Wildman–Crippen LogP) is 6.47. The molecule has 3 aromatic rings. The van der Waals surface area contributed by atoms with Crippen LogP contribution in [-0.4, -0.2) is 6.54 Å². The Bertz CT molecular complexity index is 907. The van der Waals surface area contributed by atoms with E-state index in [-0.39, 0.29) is 0 Å². The number of hydrogen-bond donors (Lipinski definition) is 1. The van der Waals surface area contributed by atoms with Crippen molar-refractivity contribution in [1.29, 1.82) is 0 Å². The van der Waals surface area contributed by atoms with Crippen LogP contribution in [0.1, 0.15) is 36.1 Å². The largest absolute Gasteiger partial charge is 0.378 e. The molecule has 0 amide bonds. The highest BCUT2D eigenvalue weighted by Gasteiger charge is 2.23. The van der Waals surface area contributed by atoms with Gasteiger partial charge in [-0.15, -0.1) is 0 Å².